The van der Waals surface area contributed by atoms with Crippen molar-refractivity contribution in [3.63, 3.8) is 0 Å². The molecule has 21 heavy (non-hydrogen) atoms. The van der Waals surface area contributed by atoms with E-state index in [9.17, 15) is 4.79 Å². The molecule has 3 rings (SSSR count). The summed E-state index contributed by atoms with van der Waals surface area (Å²) >= 11 is 6.23. The number of benzene rings is 1. The standard InChI is InChI=1S/C17H23ClN2O/c1-19(17(21)13-6-7-13)15-8-10-20(11-9-15)12-14-4-2-3-5-16(14)18/h2-5,13,15H,6-12H2,1H3. The molecule has 0 aromatic heterocycles. The summed E-state index contributed by atoms with van der Waals surface area (Å²) in [6, 6.07) is 8.47. The summed E-state index contributed by atoms with van der Waals surface area (Å²) in [6.07, 6.45) is 4.32. The fraction of sp³-hybridized carbons (Fsp3) is 0.588. The van der Waals surface area contributed by atoms with Crippen LogP contribution in [0.25, 0.3) is 0 Å². The van der Waals surface area contributed by atoms with E-state index in [-0.39, 0.29) is 0 Å². The lowest BCUT2D eigenvalue weighted by atomic mass is 10.0. The maximum absolute atomic E-state index is 12.1. The molecule has 0 atom stereocenters. The molecule has 1 saturated carbocycles. The van der Waals surface area contributed by atoms with Gasteiger partial charge in [0, 0.05) is 43.7 Å². The Labute approximate surface area is 131 Å². The van der Waals surface area contributed by atoms with Gasteiger partial charge in [-0.15, -0.1) is 0 Å². The smallest absolute Gasteiger partial charge is 0.225 e. The average Bonchev–Trinajstić information content (AvgIpc) is 3.34. The Morgan fingerprint density at radius 2 is 1.90 bits per heavy atom. The van der Waals surface area contributed by atoms with Crippen LogP contribution >= 0.6 is 11.6 Å². The van der Waals surface area contributed by atoms with Crippen LogP contribution in [0.4, 0.5) is 0 Å². The van der Waals surface area contributed by atoms with Crippen molar-refractivity contribution >= 4 is 17.5 Å². The maximum Gasteiger partial charge on any atom is 0.225 e. The fourth-order valence-electron chi connectivity index (χ4n) is 3.13. The zero-order chi connectivity index (χ0) is 14.8. The van der Waals surface area contributed by atoms with Crippen molar-refractivity contribution in [1.82, 2.24) is 9.80 Å². The van der Waals surface area contributed by atoms with Gasteiger partial charge in [0.2, 0.25) is 5.91 Å². The van der Waals surface area contributed by atoms with E-state index >= 15 is 0 Å². The van der Waals surface area contributed by atoms with Gasteiger partial charge in [-0.2, -0.15) is 0 Å². The molecule has 0 unspecified atom stereocenters. The van der Waals surface area contributed by atoms with E-state index in [4.69, 9.17) is 11.6 Å². The monoisotopic (exact) mass is 306 g/mol. The van der Waals surface area contributed by atoms with E-state index in [1.165, 1.54) is 5.56 Å². The van der Waals surface area contributed by atoms with Crippen LogP contribution in [0.2, 0.25) is 5.02 Å². The summed E-state index contributed by atoms with van der Waals surface area (Å²) in [7, 11) is 1.98. The number of amides is 1. The van der Waals surface area contributed by atoms with E-state index in [0.29, 0.717) is 17.9 Å². The van der Waals surface area contributed by atoms with Crippen LogP contribution in [0.3, 0.4) is 0 Å². The second-order valence-electron chi connectivity index (χ2n) is 6.32. The van der Waals surface area contributed by atoms with Crippen molar-refractivity contribution in [3.8, 4) is 0 Å². The number of hydrogen-bond acceptors (Lipinski definition) is 2. The first kappa shape index (κ1) is 14.9. The van der Waals surface area contributed by atoms with Crippen LogP contribution < -0.4 is 0 Å². The predicted octanol–water partition coefficient (Wildman–Crippen LogP) is 3.17. The zero-order valence-electron chi connectivity index (χ0n) is 12.6. The van der Waals surface area contributed by atoms with Crippen molar-refractivity contribution in [2.75, 3.05) is 20.1 Å². The zero-order valence-corrected chi connectivity index (χ0v) is 13.4. The molecule has 1 heterocycles. The Hall–Kier alpha value is -1.06. The van der Waals surface area contributed by atoms with Crippen molar-refractivity contribution < 1.29 is 4.79 Å². The highest BCUT2D eigenvalue weighted by atomic mass is 35.5. The van der Waals surface area contributed by atoms with Gasteiger partial charge in [0.1, 0.15) is 0 Å². The number of nitrogens with zero attached hydrogens (tertiary/aromatic N) is 2. The average molecular weight is 307 g/mol. The Kier molecular flexibility index (Phi) is 4.51. The molecule has 0 N–H and O–H groups in total. The van der Waals surface area contributed by atoms with Crippen molar-refractivity contribution in [2.24, 2.45) is 5.92 Å². The van der Waals surface area contributed by atoms with Gasteiger partial charge in [-0.25, -0.2) is 0 Å². The Morgan fingerprint density at radius 3 is 2.52 bits per heavy atom. The van der Waals surface area contributed by atoms with E-state index in [2.05, 4.69) is 11.0 Å². The minimum absolute atomic E-state index is 0.330. The lowest BCUT2D eigenvalue weighted by Crippen LogP contribution is -2.45. The summed E-state index contributed by atoms with van der Waals surface area (Å²) in [5.74, 6) is 0.690. The molecular formula is C17H23ClN2O. The Balaban J connectivity index is 1.51. The Bertz CT molecular complexity index is 507. The molecule has 1 amide bonds. The third-order valence-electron chi connectivity index (χ3n) is 4.73. The third-order valence-corrected chi connectivity index (χ3v) is 5.10. The van der Waals surface area contributed by atoms with Gasteiger partial charge in [-0.3, -0.25) is 9.69 Å². The molecule has 0 spiro atoms. The fourth-order valence-corrected chi connectivity index (χ4v) is 3.33. The summed E-state index contributed by atoms with van der Waals surface area (Å²) < 4.78 is 0. The first-order valence-electron chi connectivity index (χ1n) is 7.87. The van der Waals surface area contributed by atoms with Crippen LogP contribution in [-0.2, 0) is 11.3 Å². The maximum atomic E-state index is 12.1. The molecule has 1 aromatic carbocycles. The van der Waals surface area contributed by atoms with Crippen LogP contribution in [0.5, 0.6) is 0 Å². The summed E-state index contributed by atoms with van der Waals surface area (Å²) in [6.45, 7) is 2.99. The minimum atomic E-state index is 0.330. The van der Waals surface area contributed by atoms with E-state index in [0.717, 1.165) is 50.3 Å². The van der Waals surface area contributed by atoms with Crippen molar-refractivity contribution in [1.29, 1.82) is 0 Å². The van der Waals surface area contributed by atoms with Crippen LogP contribution in [0.1, 0.15) is 31.2 Å². The summed E-state index contributed by atoms with van der Waals surface area (Å²) in [5.41, 5.74) is 1.19. The van der Waals surface area contributed by atoms with E-state index in [1.807, 2.05) is 30.1 Å². The van der Waals surface area contributed by atoms with Gasteiger partial charge >= 0.3 is 0 Å². The highest BCUT2D eigenvalue weighted by molar-refractivity contribution is 6.31. The second kappa shape index (κ2) is 6.37. The molecule has 1 saturated heterocycles. The molecule has 2 fully saturated rings. The minimum Gasteiger partial charge on any atom is -0.342 e. The highest BCUT2D eigenvalue weighted by Crippen LogP contribution is 2.32. The normalized spacial score (nSPS) is 20.5. The van der Waals surface area contributed by atoms with Gasteiger partial charge in [0.25, 0.3) is 0 Å². The molecule has 0 bridgehead atoms. The number of halogens is 1. The molecule has 1 aromatic rings. The first-order valence-corrected chi connectivity index (χ1v) is 8.25. The molecule has 114 valence electrons. The van der Waals surface area contributed by atoms with Gasteiger partial charge in [0.05, 0.1) is 0 Å². The lowest BCUT2D eigenvalue weighted by Gasteiger charge is -2.37. The topological polar surface area (TPSA) is 23.6 Å². The lowest BCUT2D eigenvalue weighted by molar-refractivity contribution is -0.134. The number of carbonyl (C=O) groups is 1. The van der Waals surface area contributed by atoms with E-state index < -0.39 is 0 Å². The van der Waals surface area contributed by atoms with Gasteiger partial charge in [-0.05, 0) is 37.3 Å². The third kappa shape index (κ3) is 3.58. The van der Waals surface area contributed by atoms with Gasteiger partial charge in [-0.1, -0.05) is 29.8 Å². The van der Waals surface area contributed by atoms with Crippen molar-refractivity contribution in [3.05, 3.63) is 34.9 Å². The van der Waals surface area contributed by atoms with Crippen LogP contribution in [0, 0.1) is 5.92 Å². The van der Waals surface area contributed by atoms with Crippen LogP contribution in [0.15, 0.2) is 24.3 Å². The van der Waals surface area contributed by atoms with E-state index in [1.54, 1.807) is 0 Å². The molecule has 0 radical (unpaired) electrons. The molecule has 3 nitrogen and oxygen atoms in total. The number of hydrogen-bond donors (Lipinski definition) is 0. The quantitative estimate of drug-likeness (QED) is 0.853. The van der Waals surface area contributed by atoms with Crippen LogP contribution in [-0.4, -0.2) is 41.9 Å². The van der Waals surface area contributed by atoms with Crippen molar-refractivity contribution in [2.45, 2.75) is 38.3 Å². The second-order valence-corrected chi connectivity index (χ2v) is 6.73. The molecule has 1 aliphatic carbocycles. The van der Waals surface area contributed by atoms with Gasteiger partial charge in [0.15, 0.2) is 0 Å². The SMILES string of the molecule is CN(C(=O)C1CC1)C1CCN(Cc2ccccc2Cl)CC1. The summed E-state index contributed by atoms with van der Waals surface area (Å²) in [5, 5.41) is 0.848. The number of piperidine rings is 1. The largest absolute Gasteiger partial charge is 0.342 e. The van der Waals surface area contributed by atoms with Gasteiger partial charge < -0.3 is 4.90 Å². The molecule has 1 aliphatic heterocycles. The summed E-state index contributed by atoms with van der Waals surface area (Å²) in [4.78, 5) is 16.6. The number of likely N-dealkylation sites (tertiary alicyclic amines) is 1. The molecule has 4 heteroatoms. The molecule has 2 aliphatic rings. The highest BCUT2D eigenvalue weighted by Gasteiger charge is 2.35. The number of rotatable bonds is 4. The molecular weight excluding hydrogens is 284 g/mol. The number of carbonyl (C=O) groups excluding carboxylic acids is 1. The first-order chi connectivity index (χ1) is 10.1. The Morgan fingerprint density at radius 1 is 1.24 bits per heavy atom. The predicted molar refractivity (Wildman–Crippen MR) is 85.2 cm³/mol.